The monoisotopic (exact) mass is 301 g/mol. The fourth-order valence-electron chi connectivity index (χ4n) is 1.86. The van der Waals surface area contributed by atoms with E-state index < -0.39 is 9.85 Å². The molecule has 0 fully saturated rings. The number of rotatable bonds is 7. The maximum absolute atomic E-state index is 11.2. The molecule has 1 aromatic carbocycles. The Hall–Kier alpha value is -1.89. The van der Waals surface area contributed by atoms with Crippen LogP contribution in [0.4, 0.5) is 17.1 Å². The summed E-state index contributed by atoms with van der Waals surface area (Å²) in [5.41, 5.74) is 0.418. The lowest BCUT2D eigenvalue weighted by Gasteiger charge is -2.10. The molecule has 0 saturated heterocycles. The number of hydrogen-bond donors (Lipinski definition) is 1. The first-order valence-corrected chi connectivity index (χ1v) is 6.66. The van der Waals surface area contributed by atoms with Crippen molar-refractivity contribution in [3.05, 3.63) is 37.4 Å². The van der Waals surface area contributed by atoms with E-state index in [9.17, 15) is 20.2 Å². The molecule has 0 saturated carbocycles. The molecule has 1 rings (SSSR count). The third-order valence-corrected chi connectivity index (χ3v) is 3.30. The molecule has 1 N–H and O–H groups in total. The van der Waals surface area contributed by atoms with Crippen molar-refractivity contribution in [3.63, 3.8) is 0 Å². The van der Waals surface area contributed by atoms with Gasteiger partial charge in [-0.15, -0.1) is 11.6 Å². The number of nitrogens with one attached hydrogen (secondary N) is 1. The third-order valence-electron chi connectivity index (χ3n) is 3.03. The molecule has 7 nitrogen and oxygen atoms in total. The number of anilines is 1. The molecular formula is C12H16ClN3O4. The Morgan fingerprint density at radius 2 is 1.85 bits per heavy atom. The van der Waals surface area contributed by atoms with E-state index in [1.807, 2.05) is 0 Å². The summed E-state index contributed by atoms with van der Waals surface area (Å²) in [6, 6.07) is 1.35. The molecule has 0 bridgehead atoms. The van der Waals surface area contributed by atoms with Gasteiger partial charge in [-0.1, -0.05) is 0 Å². The van der Waals surface area contributed by atoms with E-state index in [0.717, 1.165) is 6.42 Å². The van der Waals surface area contributed by atoms with Crippen molar-refractivity contribution >= 4 is 28.7 Å². The van der Waals surface area contributed by atoms with E-state index in [-0.39, 0.29) is 17.1 Å². The molecular weight excluding hydrogens is 286 g/mol. The maximum Gasteiger partial charge on any atom is 0.302 e. The molecule has 0 unspecified atom stereocenters. The van der Waals surface area contributed by atoms with Gasteiger partial charge < -0.3 is 5.32 Å². The molecule has 0 aliphatic heterocycles. The van der Waals surface area contributed by atoms with E-state index in [4.69, 9.17) is 11.6 Å². The minimum absolute atomic E-state index is 0.0299. The lowest BCUT2D eigenvalue weighted by atomic mass is 10.0. The second-order valence-corrected chi connectivity index (χ2v) is 4.78. The summed E-state index contributed by atoms with van der Waals surface area (Å²) in [6.07, 6.45) is 1.42. The van der Waals surface area contributed by atoms with Gasteiger partial charge in [0, 0.05) is 24.1 Å². The predicted octanol–water partition coefficient (Wildman–Crippen LogP) is 3.55. The van der Waals surface area contributed by atoms with Gasteiger partial charge in [-0.2, -0.15) is 0 Å². The Balaban J connectivity index is 3.25. The van der Waals surface area contributed by atoms with Crippen LogP contribution in [0.15, 0.2) is 6.07 Å². The van der Waals surface area contributed by atoms with Crippen LogP contribution in [0.1, 0.15) is 24.0 Å². The van der Waals surface area contributed by atoms with Crippen molar-refractivity contribution in [2.75, 3.05) is 17.7 Å². The highest BCUT2D eigenvalue weighted by Gasteiger charge is 2.28. The molecule has 0 radical (unpaired) electrons. The van der Waals surface area contributed by atoms with Crippen molar-refractivity contribution in [2.45, 2.75) is 26.7 Å². The van der Waals surface area contributed by atoms with Gasteiger partial charge in [0.2, 0.25) is 0 Å². The van der Waals surface area contributed by atoms with Gasteiger partial charge in [-0.05, 0) is 32.3 Å². The molecule has 0 aliphatic carbocycles. The summed E-state index contributed by atoms with van der Waals surface area (Å²) in [5, 5.41) is 25.1. The van der Waals surface area contributed by atoms with Gasteiger partial charge in [0.05, 0.1) is 9.85 Å². The maximum atomic E-state index is 11.2. The van der Waals surface area contributed by atoms with Gasteiger partial charge >= 0.3 is 5.69 Å². The van der Waals surface area contributed by atoms with E-state index in [1.165, 1.54) is 6.07 Å². The average Bonchev–Trinajstić information content (AvgIpc) is 2.37. The Bertz CT molecular complexity index is 534. The highest BCUT2D eigenvalue weighted by molar-refractivity contribution is 6.17. The zero-order valence-electron chi connectivity index (χ0n) is 11.3. The number of benzene rings is 1. The number of nitro benzene ring substituents is 2. The zero-order chi connectivity index (χ0) is 15.3. The summed E-state index contributed by atoms with van der Waals surface area (Å²) >= 11 is 5.55. The minimum atomic E-state index is -0.608. The van der Waals surface area contributed by atoms with Crippen molar-refractivity contribution < 1.29 is 9.85 Å². The lowest BCUT2D eigenvalue weighted by Crippen LogP contribution is -2.09. The van der Waals surface area contributed by atoms with E-state index in [0.29, 0.717) is 30.0 Å². The third kappa shape index (κ3) is 3.57. The minimum Gasteiger partial charge on any atom is -0.374 e. The molecule has 0 aromatic heterocycles. The summed E-state index contributed by atoms with van der Waals surface area (Å²) in [7, 11) is 0. The fraction of sp³-hybridized carbons (Fsp3) is 0.500. The predicted molar refractivity (Wildman–Crippen MR) is 77.7 cm³/mol. The molecule has 110 valence electrons. The van der Waals surface area contributed by atoms with Gasteiger partial charge in [-0.25, -0.2) is 0 Å². The first-order valence-electron chi connectivity index (χ1n) is 6.13. The van der Waals surface area contributed by atoms with Crippen molar-refractivity contribution in [1.29, 1.82) is 0 Å². The molecule has 0 atom stereocenters. The average molecular weight is 302 g/mol. The van der Waals surface area contributed by atoms with Crippen LogP contribution in [0.25, 0.3) is 0 Å². The van der Waals surface area contributed by atoms with Gasteiger partial charge in [-0.3, -0.25) is 20.2 Å². The Labute approximate surface area is 121 Å². The van der Waals surface area contributed by atoms with Gasteiger partial charge in [0.1, 0.15) is 0 Å². The first kappa shape index (κ1) is 16.2. The number of alkyl halides is 1. The second-order valence-electron chi connectivity index (χ2n) is 4.40. The molecule has 20 heavy (non-hydrogen) atoms. The van der Waals surface area contributed by atoms with Crippen LogP contribution in [0.3, 0.4) is 0 Å². The van der Waals surface area contributed by atoms with Crippen LogP contribution in [-0.4, -0.2) is 22.3 Å². The second kappa shape index (κ2) is 7.04. The summed E-state index contributed by atoms with van der Waals surface area (Å²) in [5.74, 6) is 0.485. The highest BCUT2D eigenvalue weighted by atomic mass is 35.5. The summed E-state index contributed by atoms with van der Waals surface area (Å²) in [6.45, 7) is 3.60. The smallest absolute Gasteiger partial charge is 0.302 e. The van der Waals surface area contributed by atoms with Crippen LogP contribution < -0.4 is 5.32 Å². The normalized spacial score (nSPS) is 10.3. The SMILES string of the molecule is Cc1cc([N+](=O)[O-])c(NCCCCCl)c([N+](=O)[O-])c1C. The Kier molecular flexibility index (Phi) is 5.69. The van der Waals surface area contributed by atoms with Crippen molar-refractivity contribution in [3.8, 4) is 0 Å². The molecule has 0 amide bonds. The largest absolute Gasteiger partial charge is 0.374 e. The van der Waals surface area contributed by atoms with Gasteiger partial charge in [0.15, 0.2) is 5.69 Å². The van der Waals surface area contributed by atoms with Crippen LogP contribution >= 0.6 is 11.6 Å². The van der Waals surface area contributed by atoms with Crippen LogP contribution in [0, 0.1) is 34.1 Å². The number of hydrogen-bond acceptors (Lipinski definition) is 5. The summed E-state index contributed by atoms with van der Waals surface area (Å²) in [4.78, 5) is 21.1. The molecule has 0 spiro atoms. The number of aryl methyl sites for hydroxylation is 1. The van der Waals surface area contributed by atoms with E-state index >= 15 is 0 Å². The number of halogens is 1. The van der Waals surface area contributed by atoms with E-state index in [2.05, 4.69) is 5.32 Å². The molecule has 0 aliphatic rings. The standard InChI is InChI=1S/C12H16ClN3O4/c1-8-7-10(15(17)18)11(14-6-4-3-5-13)12(9(8)2)16(19)20/h7,14H,3-6H2,1-2H3. The zero-order valence-corrected chi connectivity index (χ0v) is 12.1. The summed E-state index contributed by atoms with van der Waals surface area (Å²) < 4.78 is 0. The van der Waals surface area contributed by atoms with Crippen LogP contribution in [0.5, 0.6) is 0 Å². The van der Waals surface area contributed by atoms with Crippen LogP contribution in [0.2, 0.25) is 0 Å². The fourth-order valence-corrected chi connectivity index (χ4v) is 2.05. The molecule has 0 heterocycles. The molecule has 1 aromatic rings. The van der Waals surface area contributed by atoms with Crippen LogP contribution in [-0.2, 0) is 0 Å². The van der Waals surface area contributed by atoms with E-state index in [1.54, 1.807) is 13.8 Å². The number of nitrogens with zero attached hydrogens (tertiary/aromatic N) is 2. The van der Waals surface area contributed by atoms with Gasteiger partial charge in [0.25, 0.3) is 5.69 Å². The van der Waals surface area contributed by atoms with Crippen molar-refractivity contribution in [2.24, 2.45) is 0 Å². The highest BCUT2D eigenvalue weighted by Crippen LogP contribution is 2.38. The Morgan fingerprint density at radius 1 is 1.20 bits per heavy atom. The quantitative estimate of drug-likeness (QED) is 0.359. The topological polar surface area (TPSA) is 98.3 Å². The van der Waals surface area contributed by atoms with Crippen molar-refractivity contribution in [1.82, 2.24) is 0 Å². The first-order chi connectivity index (χ1) is 9.40. The number of unbranched alkanes of at least 4 members (excludes halogenated alkanes) is 1. The Morgan fingerprint density at radius 3 is 2.35 bits per heavy atom. The lowest BCUT2D eigenvalue weighted by molar-refractivity contribution is -0.392. The molecule has 8 heteroatoms. The number of nitro groups is 2.